The van der Waals surface area contributed by atoms with Gasteiger partial charge in [0.25, 0.3) is 0 Å². The maximum atomic E-state index is 4.59. The van der Waals surface area contributed by atoms with E-state index in [1.807, 2.05) is 12.4 Å². The molecule has 0 spiro atoms. The van der Waals surface area contributed by atoms with Crippen LogP contribution in [0.3, 0.4) is 0 Å². The van der Waals surface area contributed by atoms with Crippen LogP contribution >= 0.6 is 0 Å². The Kier molecular flexibility index (Phi) is 8.59. The second-order valence-corrected chi connectivity index (χ2v) is 7.72. The van der Waals surface area contributed by atoms with Crippen molar-refractivity contribution >= 4 is 23.8 Å². The summed E-state index contributed by atoms with van der Waals surface area (Å²) in [6, 6.07) is 25.4. The third kappa shape index (κ3) is 7.11. The van der Waals surface area contributed by atoms with E-state index in [0.29, 0.717) is 0 Å². The number of hydrogen-bond donors (Lipinski definition) is 0. The molecule has 3 aromatic rings. The molecule has 0 saturated heterocycles. The second-order valence-electron chi connectivity index (χ2n) is 7.72. The SMILES string of the molecule is CCCCc1ccc(N=Cc2ccc(C=Nc3ccc(CCCC)cc3)cc2)cc1. The minimum Gasteiger partial charge on any atom is -0.256 e. The molecule has 0 atom stereocenters. The van der Waals surface area contributed by atoms with Crippen LogP contribution in [0.25, 0.3) is 0 Å². The third-order valence-corrected chi connectivity index (χ3v) is 5.17. The van der Waals surface area contributed by atoms with E-state index in [-0.39, 0.29) is 0 Å². The van der Waals surface area contributed by atoms with E-state index in [9.17, 15) is 0 Å². The lowest BCUT2D eigenvalue weighted by Crippen LogP contribution is -1.85. The van der Waals surface area contributed by atoms with Crippen LogP contribution in [-0.2, 0) is 12.8 Å². The van der Waals surface area contributed by atoms with Crippen molar-refractivity contribution in [3.8, 4) is 0 Å². The highest BCUT2D eigenvalue weighted by molar-refractivity contribution is 5.86. The number of nitrogens with zero attached hydrogens (tertiary/aromatic N) is 2. The monoisotopic (exact) mass is 396 g/mol. The molecule has 0 unspecified atom stereocenters. The summed E-state index contributed by atoms with van der Waals surface area (Å²) in [5.41, 5.74) is 6.92. The van der Waals surface area contributed by atoms with Crippen molar-refractivity contribution in [3.05, 3.63) is 95.1 Å². The Balaban J connectivity index is 1.55. The topological polar surface area (TPSA) is 24.7 Å². The second kappa shape index (κ2) is 11.9. The highest BCUT2D eigenvalue weighted by Crippen LogP contribution is 2.16. The lowest BCUT2D eigenvalue weighted by molar-refractivity contribution is 0.795. The predicted molar refractivity (Wildman–Crippen MR) is 131 cm³/mol. The Morgan fingerprint density at radius 3 is 1.23 bits per heavy atom. The van der Waals surface area contributed by atoms with Gasteiger partial charge in [0.15, 0.2) is 0 Å². The molecular weight excluding hydrogens is 364 g/mol. The molecule has 0 saturated carbocycles. The van der Waals surface area contributed by atoms with Crippen molar-refractivity contribution < 1.29 is 0 Å². The van der Waals surface area contributed by atoms with Gasteiger partial charge in [0.05, 0.1) is 11.4 Å². The smallest absolute Gasteiger partial charge is 0.0630 e. The van der Waals surface area contributed by atoms with Crippen LogP contribution in [0.15, 0.2) is 82.8 Å². The lowest BCUT2D eigenvalue weighted by Gasteiger charge is -2.01. The fraction of sp³-hybridized carbons (Fsp3) is 0.286. The predicted octanol–water partition coefficient (Wildman–Crippen LogP) is 7.87. The van der Waals surface area contributed by atoms with Crippen molar-refractivity contribution in [1.29, 1.82) is 0 Å². The Bertz CT molecular complexity index is 853. The summed E-state index contributed by atoms with van der Waals surface area (Å²) in [6.07, 6.45) is 11.1. The van der Waals surface area contributed by atoms with E-state index >= 15 is 0 Å². The van der Waals surface area contributed by atoms with E-state index in [4.69, 9.17) is 0 Å². The first-order valence-electron chi connectivity index (χ1n) is 11.1. The van der Waals surface area contributed by atoms with Crippen molar-refractivity contribution in [1.82, 2.24) is 0 Å². The molecule has 2 nitrogen and oxygen atoms in total. The van der Waals surface area contributed by atoms with Gasteiger partial charge in [-0.2, -0.15) is 0 Å². The molecule has 0 bridgehead atoms. The maximum Gasteiger partial charge on any atom is 0.0630 e. The van der Waals surface area contributed by atoms with Gasteiger partial charge in [0.2, 0.25) is 0 Å². The van der Waals surface area contributed by atoms with Gasteiger partial charge in [-0.25, -0.2) is 0 Å². The van der Waals surface area contributed by atoms with E-state index in [2.05, 4.69) is 96.6 Å². The Labute approximate surface area is 181 Å². The molecule has 3 aromatic carbocycles. The highest BCUT2D eigenvalue weighted by atomic mass is 14.7. The first kappa shape index (κ1) is 21.7. The summed E-state index contributed by atoms with van der Waals surface area (Å²) in [5, 5.41) is 0. The number of unbranched alkanes of at least 4 members (excludes halogenated alkanes) is 2. The standard InChI is InChI=1S/C28H32N2/c1-3-5-7-23-13-17-27(18-14-23)29-21-25-9-11-26(12-10-25)22-30-28-19-15-24(16-20-28)8-6-4-2/h9-22H,3-8H2,1-2H3. The number of aryl methyl sites for hydroxylation is 2. The summed E-state index contributed by atoms with van der Waals surface area (Å²) in [4.78, 5) is 9.18. The highest BCUT2D eigenvalue weighted by Gasteiger charge is 1.96. The summed E-state index contributed by atoms with van der Waals surface area (Å²) in [7, 11) is 0. The average Bonchev–Trinajstić information content (AvgIpc) is 2.80. The Morgan fingerprint density at radius 2 is 0.900 bits per heavy atom. The molecule has 0 aliphatic carbocycles. The third-order valence-electron chi connectivity index (χ3n) is 5.17. The summed E-state index contributed by atoms with van der Waals surface area (Å²) in [6.45, 7) is 4.45. The molecule has 0 aliphatic heterocycles. The average molecular weight is 397 g/mol. The summed E-state index contributed by atoms with van der Waals surface area (Å²) >= 11 is 0. The molecule has 3 rings (SSSR count). The van der Waals surface area contributed by atoms with Gasteiger partial charge in [-0.05, 0) is 72.2 Å². The molecule has 2 heteroatoms. The van der Waals surface area contributed by atoms with Crippen LogP contribution in [0.5, 0.6) is 0 Å². The molecule has 0 aromatic heterocycles. The van der Waals surface area contributed by atoms with Gasteiger partial charge in [-0.15, -0.1) is 0 Å². The van der Waals surface area contributed by atoms with Crippen molar-refractivity contribution in [2.45, 2.75) is 52.4 Å². The first-order chi connectivity index (χ1) is 14.8. The van der Waals surface area contributed by atoms with Gasteiger partial charge in [0, 0.05) is 12.4 Å². The molecule has 0 fully saturated rings. The molecule has 0 aliphatic rings. The maximum absolute atomic E-state index is 4.59. The molecule has 0 N–H and O–H groups in total. The number of rotatable bonds is 10. The summed E-state index contributed by atoms with van der Waals surface area (Å²) in [5.74, 6) is 0. The normalized spacial score (nSPS) is 11.5. The van der Waals surface area contributed by atoms with Crippen LogP contribution in [-0.4, -0.2) is 12.4 Å². The number of hydrogen-bond acceptors (Lipinski definition) is 2. The van der Waals surface area contributed by atoms with Gasteiger partial charge < -0.3 is 0 Å². The molecule has 0 heterocycles. The van der Waals surface area contributed by atoms with Crippen molar-refractivity contribution in [2.75, 3.05) is 0 Å². The zero-order chi connectivity index (χ0) is 21.0. The summed E-state index contributed by atoms with van der Waals surface area (Å²) < 4.78 is 0. The largest absolute Gasteiger partial charge is 0.256 e. The van der Waals surface area contributed by atoms with E-state index in [1.165, 1.54) is 36.8 Å². The fourth-order valence-corrected chi connectivity index (χ4v) is 3.23. The van der Waals surface area contributed by atoms with Gasteiger partial charge >= 0.3 is 0 Å². The Morgan fingerprint density at radius 1 is 0.533 bits per heavy atom. The van der Waals surface area contributed by atoms with E-state index in [1.54, 1.807) is 0 Å². The molecular formula is C28H32N2. The van der Waals surface area contributed by atoms with Crippen LogP contribution in [0.4, 0.5) is 11.4 Å². The lowest BCUT2D eigenvalue weighted by atomic mass is 10.1. The van der Waals surface area contributed by atoms with Crippen LogP contribution in [0.2, 0.25) is 0 Å². The molecule has 154 valence electrons. The van der Waals surface area contributed by atoms with Crippen LogP contribution in [0, 0.1) is 0 Å². The van der Waals surface area contributed by atoms with Gasteiger partial charge in [-0.1, -0.05) is 75.2 Å². The van der Waals surface area contributed by atoms with Crippen molar-refractivity contribution in [3.63, 3.8) is 0 Å². The minimum atomic E-state index is 0.989. The van der Waals surface area contributed by atoms with Crippen molar-refractivity contribution in [2.24, 2.45) is 9.98 Å². The number of aliphatic imine (C=N–C) groups is 2. The first-order valence-corrected chi connectivity index (χ1v) is 11.1. The molecule has 0 amide bonds. The van der Waals surface area contributed by atoms with Crippen LogP contribution < -0.4 is 0 Å². The zero-order valence-electron chi connectivity index (χ0n) is 18.2. The number of benzene rings is 3. The minimum absolute atomic E-state index is 0.989. The Hall–Kier alpha value is -3.00. The van der Waals surface area contributed by atoms with Gasteiger partial charge in [-0.3, -0.25) is 9.98 Å². The van der Waals surface area contributed by atoms with Crippen LogP contribution in [0.1, 0.15) is 61.8 Å². The fourth-order valence-electron chi connectivity index (χ4n) is 3.23. The molecule has 0 radical (unpaired) electrons. The zero-order valence-corrected chi connectivity index (χ0v) is 18.2. The van der Waals surface area contributed by atoms with Gasteiger partial charge in [0.1, 0.15) is 0 Å². The molecule has 30 heavy (non-hydrogen) atoms. The van der Waals surface area contributed by atoms with E-state index in [0.717, 1.165) is 35.3 Å². The van der Waals surface area contributed by atoms with E-state index < -0.39 is 0 Å². The quantitative estimate of drug-likeness (QED) is 0.311.